The maximum absolute atomic E-state index is 13.9. The van der Waals surface area contributed by atoms with Gasteiger partial charge in [0.2, 0.25) is 23.6 Å². The van der Waals surface area contributed by atoms with E-state index in [1.54, 1.807) is 28.0 Å². The molecule has 0 radical (unpaired) electrons. The SMILES string of the molecule is CC(=O)c1nn(CC(=O)N2C[C@H]3C[C@H]3[C@H]2C(=O)Nc2nc(Br)ccc2C)c2c(C)cc(-c3cnc(CNC(=O)COCCOCCNC(=O)COCCOCCN)nc3)cc12. The van der Waals surface area contributed by atoms with Gasteiger partial charge in [-0.1, -0.05) is 6.07 Å². The fourth-order valence-corrected chi connectivity index (χ4v) is 7.47. The molecule has 19 nitrogen and oxygen atoms in total. The lowest BCUT2D eigenvalue weighted by Crippen LogP contribution is -2.47. The highest BCUT2D eigenvalue weighted by Crippen LogP contribution is 2.50. The summed E-state index contributed by atoms with van der Waals surface area (Å²) in [6.45, 7) is 7.91. The molecule has 61 heavy (non-hydrogen) atoms. The zero-order chi connectivity index (χ0) is 43.5. The number of aromatic nitrogens is 5. The predicted molar refractivity (Wildman–Crippen MR) is 225 cm³/mol. The number of hydrogen-bond acceptors (Lipinski definition) is 14. The second-order valence-corrected chi connectivity index (χ2v) is 15.6. The van der Waals surface area contributed by atoms with Crippen molar-refractivity contribution >= 4 is 62.1 Å². The molecule has 20 heteroatoms. The molecule has 3 atom stereocenters. The van der Waals surface area contributed by atoms with E-state index in [2.05, 4.69) is 51.9 Å². The van der Waals surface area contributed by atoms with Crippen LogP contribution in [0.15, 0.2) is 41.3 Å². The standard InChI is InChI=1S/C41H51BrN10O9/c1-24-4-5-32(42)48-40(24)49-41(57)39-30-16-28(30)20-51(39)36(56)21-52-38-25(2)14-27(15-31(38)37(50-52)26(3)53)29-17-45-33(46-18-29)19-47-35(55)23-61-13-11-59-9-7-44-34(54)22-60-12-10-58-8-6-43/h4-5,14-15,17-18,28,30,39H,6-13,16,19-23,43H2,1-3H3,(H,44,54)(H,47,55)(H,48,49,57)/t28-,30-,39+/m1/s1. The van der Waals surface area contributed by atoms with Gasteiger partial charge in [-0.15, -0.1) is 0 Å². The van der Waals surface area contributed by atoms with Crippen LogP contribution in [0.3, 0.4) is 0 Å². The number of anilines is 1. The number of hydrogen-bond donors (Lipinski definition) is 4. The maximum atomic E-state index is 13.9. The number of likely N-dealkylation sites (tertiary alicyclic amines) is 1. The number of carbonyl (C=O) groups excluding carboxylic acids is 5. The molecule has 1 saturated heterocycles. The number of aryl methyl sites for hydroxylation is 2. The summed E-state index contributed by atoms with van der Waals surface area (Å²) >= 11 is 3.36. The van der Waals surface area contributed by atoms with Crippen molar-refractivity contribution in [2.24, 2.45) is 17.6 Å². The van der Waals surface area contributed by atoms with Crippen LogP contribution in [0.25, 0.3) is 22.0 Å². The third-order valence-electron chi connectivity index (χ3n) is 10.2. The van der Waals surface area contributed by atoms with Gasteiger partial charge in [-0.2, -0.15) is 5.10 Å². The van der Waals surface area contributed by atoms with Crippen molar-refractivity contribution in [3.63, 3.8) is 0 Å². The number of fused-ring (bicyclic) bond motifs is 2. The molecule has 6 rings (SSSR count). The number of benzene rings is 1. The van der Waals surface area contributed by atoms with Gasteiger partial charge in [0, 0.05) is 49.9 Å². The van der Waals surface area contributed by atoms with Gasteiger partial charge in [-0.05, 0) is 82.9 Å². The number of ketones is 1. The Morgan fingerprint density at radius 1 is 0.869 bits per heavy atom. The number of nitrogens with two attached hydrogens (primary N) is 1. The van der Waals surface area contributed by atoms with E-state index in [-0.39, 0.29) is 93.1 Å². The topological polar surface area (TPSA) is 244 Å². The van der Waals surface area contributed by atoms with Crippen molar-refractivity contribution in [1.82, 2.24) is 40.3 Å². The number of ether oxygens (including phenoxy) is 4. The molecular weight excluding hydrogens is 856 g/mol. The summed E-state index contributed by atoms with van der Waals surface area (Å²) in [7, 11) is 0. The Kier molecular flexibility index (Phi) is 16.0. The molecule has 1 aliphatic heterocycles. The lowest BCUT2D eigenvalue weighted by molar-refractivity contribution is -0.138. The molecule has 326 valence electrons. The fraction of sp³-hybridized carbons (Fsp3) is 0.488. The van der Waals surface area contributed by atoms with Crippen LogP contribution >= 0.6 is 15.9 Å². The summed E-state index contributed by atoms with van der Waals surface area (Å²) in [4.78, 5) is 79.2. The minimum atomic E-state index is -0.626. The normalized spacial score (nSPS) is 16.7. The van der Waals surface area contributed by atoms with Crippen LogP contribution in [0.1, 0.15) is 40.8 Å². The lowest BCUT2D eigenvalue weighted by atomic mass is 10.0. The number of nitrogens with zero attached hydrogens (tertiary/aromatic N) is 6. The van der Waals surface area contributed by atoms with Crippen LogP contribution < -0.4 is 21.7 Å². The Hall–Kier alpha value is -5.25. The van der Waals surface area contributed by atoms with Crippen molar-refractivity contribution < 1.29 is 42.9 Å². The Labute approximate surface area is 360 Å². The molecule has 0 bridgehead atoms. The van der Waals surface area contributed by atoms with Crippen LogP contribution in [0.4, 0.5) is 5.82 Å². The summed E-state index contributed by atoms with van der Waals surface area (Å²) in [6, 6.07) is 6.78. The van der Waals surface area contributed by atoms with Gasteiger partial charge < -0.3 is 45.5 Å². The molecule has 4 amide bonds. The molecule has 1 saturated carbocycles. The average Bonchev–Trinajstić information content (AvgIpc) is 3.73. The van der Waals surface area contributed by atoms with Crippen molar-refractivity contribution in [1.29, 1.82) is 0 Å². The van der Waals surface area contributed by atoms with E-state index < -0.39 is 6.04 Å². The maximum Gasteiger partial charge on any atom is 0.248 e. The van der Waals surface area contributed by atoms with Crippen molar-refractivity contribution in [2.75, 3.05) is 77.8 Å². The number of rotatable bonds is 23. The van der Waals surface area contributed by atoms with Crippen molar-refractivity contribution in [3.8, 4) is 11.1 Å². The number of piperidine rings is 1. The molecule has 1 aromatic carbocycles. The highest BCUT2D eigenvalue weighted by Gasteiger charge is 2.57. The van der Waals surface area contributed by atoms with Crippen LogP contribution in [0.5, 0.6) is 0 Å². The van der Waals surface area contributed by atoms with Gasteiger partial charge in [0.15, 0.2) is 5.78 Å². The second kappa shape index (κ2) is 21.5. The predicted octanol–water partition coefficient (Wildman–Crippen LogP) is 1.71. The summed E-state index contributed by atoms with van der Waals surface area (Å²) < 4.78 is 23.3. The number of halogens is 1. The van der Waals surface area contributed by atoms with Crippen molar-refractivity contribution in [2.45, 2.75) is 46.3 Å². The van der Waals surface area contributed by atoms with Gasteiger partial charge in [0.05, 0.1) is 51.7 Å². The Morgan fingerprint density at radius 2 is 1.56 bits per heavy atom. The molecule has 2 fully saturated rings. The van der Waals surface area contributed by atoms with Gasteiger partial charge >= 0.3 is 0 Å². The highest BCUT2D eigenvalue weighted by atomic mass is 79.9. The first kappa shape index (κ1) is 45.3. The molecular formula is C41H51BrN10O9. The molecule has 0 unspecified atom stereocenters. The van der Waals surface area contributed by atoms with Crippen LogP contribution in [0, 0.1) is 25.7 Å². The van der Waals surface area contributed by atoms with Gasteiger partial charge in [0.25, 0.3) is 0 Å². The Morgan fingerprint density at radius 3 is 2.26 bits per heavy atom. The Bertz CT molecular complexity index is 2220. The monoisotopic (exact) mass is 906 g/mol. The molecule has 2 aliphatic rings. The van der Waals surface area contributed by atoms with E-state index in [0.29, 0.717) is 72.2 Å². The number of carbonyl (C=O) groups is 5. The summed E-state index contributed by atoms with van der Waals surface area (Å²) in [5.41, 5.74) is 9.21. The zero-order valence-electron chi connectivity index (χ0n) is 34.4. The van der Waals surface area contributed by atoms with E-state index >= 15 is 0 Å². The second-order valence-electron chi connectivity index (χ2n) is 14.8. The average molecular weight is 908 g/mol. The fourth-order valence-electron chi connectivity index (χ4n) is 7.16. The highest BCUT2D eigenvalue weighted by molar-refractivity contribution is 9.10. The Balaban J connectivity index is 0.967. The minimum Gasteiger partial charge on any atom is -0.378 e. The molecule has 4 heterocycles. The van der Waals surface area contributed by atoms with Crippen LogP contribution in [0.2, 0.25) is 0 Å². The lowest BCUT2D eigenvalue weighted by Gasteiger charge is -2.27. The molecule has 0 spiro atoms. The van der Waals surface area contributed by atoms with E-state index in [0.717, 1.165) is 23.1 Å². The van der Waals surface area contributed by atoms with E-state index in [1.165, 1.54) is 6.92 Å². The molecule has 3 aromatic heterocycles. The molecule has 1 aliphatic carbocycles. The number of amides is 4. The smallest absolute Gasteiger partial charge is 0.248 e. The zero-order valence-corrected chi connectivity index (χ0v) is 36.0. The quantitative estimate of drug-likeness (QED) is 0.0471. The minimum absolute atomic E-state index is 0.0729. The van der Waals surface area contributed by atoms with Crippen LogP contribution in [-0.2, 0) is 51.2 Å². The molecule has 4 aromatic rings. The third kappa shape index (κ3) is 12.2. The number of Topliss-reactive ketones (excluding diaryl/α,β-unsaturated/α-hetero) is 1. The summed E-state index contributed by atoms with van der Waals surface area (Å²) in [5, 5.41) is 13.5. The number of nitrogens with one attached hydrogen (secondary N) is 3. The summed E-state index contributed by atoms with van der Waals surface area (Å²) in [6.07, 6.45) is 4.15. The van der Waals surface area contributed by atoms with Crippen molar-refractivity contribution in [3.05, 3.63) is 63.9 Å². The van der Waals surface area contributed by atoms with E-state index in [1.807, 2.05) is 32.0 Å². The number of pyridine rings is 1. The van der Waals surface area contributed by atoms with Gasteiger partial charge in [0.1, 0.15) is 47.7 Å². The van der Waals surface area contributed by atoms with E-state index in [4.69, 9.17) is 24.7 Å². The summed E-state index contributed by atoms with van der Waals surface area (Å²) in [5.74, 6) is -0.217. The largest absolute Gasteiger partial charge is 0.378 e. The van der Waals surface area contributed by atoms with Gasteiger partial charge in [-0.3, -0.25) is 28.7 Å². The first-order chi connectivity index (χ1) is 29.4. The molecule has 5 N–H and O–H groups in total. The van der Waals surface area contributed by atoms with Gasteiger partial charge in [-0.25, -0.2) is 15.0 Å². The van der Waals surface area contributed by atoms with E-state index in [9.17, 15) is 24.0 Å². The first-order valence-corrected chi connectivity index (χ1v) is 20.8. The van der Waals surface area contributed by atoms with Crippen LogP contribution in [-0.4, -0.2) is 138 Å². The third-order valence-corrected chi connectivity index (χ3v) is 10.7. The first-order valence-electron chi connectivity index (χ1n) is 20.0.